The van der Waals surface area contributed by atoms with Gasteiger partial charge in [0.15, 0.2) is 4.77 Å². The Hall–Kier alpha value is -1.59. The van der Waals surface area contributed by atoms with Gasteiger partial charge in [0.25, 0.3) is 0 Å². The SMILES string of the molecule is COc1cccc2c1[nH]c(=S)n2-c1ccsc1. The molecule has 3 rings (SSSR count). The molecule has 86 valence electrons. The largest absolute Gasteiger partial charge is 0.494 e. The van der Waals surface area contributed by atoms with E-state index in [2.05, 4.69) is 10.4 Å². The number of hydrogen-bond acceptors (Lipinski definition) is 3. The average Bonchev–Trinajstić information content (AvgIpc) is 2.93. The lowest BCUT2D eigenvalue weighted by molar-refractivity contribution is 0.419. The maximum atomic E-state index is 5.36. The minimum Gasteiger partial charge on any atom is -0.494 e. The second-order valence-electron chi connectivity index (χ2n) is 3.60. The number of nitrogens with zero attached hydrogens (tertiary/aromatic N) is 1. The zero-order chi connectivity index (χ0) is 11.8. The van der Waals surface area contributed by atoms with Gasteiger partial charge in [0, 0.05) is 5.38 Å². The minimum absolute atomic E-state index is 0.683. The van der Waals surface area contributed by atoms with Gasteiger partial charge in [-0.1, -0.05) is 6.07 Å². The molecule has 2 heterocycles. The first-order valence-corrected chi connectivity index (χ1v) is 6.46. The van der Waals surface area contributed by atoms with Crippen molar-refractivity contribution < 1.29 is 4.74 Å². The third-order valence-electron chi connectivity index (χ3n) is 2.66. The zero-order valence-electron chi connectivity index (χ0n) is 9.14. The van der Waals surface area contributed by atoms with Gasteiger partial charge in [0.05, 0.1) is 18.3 Å². The van der Waals surface area contributed by atoms with Gasteiger partial charge in [-0.15, -0.1) is 0 Å². The van der Waals surface area contributed by atoms with E-state index in [1.807, 2.05) is 34.2 Å². The highest BCUT2D eigenvalue weighted by atomic mass is 32.1. The molecule has 0 aliphatic rings. The summed E-state index contributed by atoms with van der Waals surface area (Å²) in [5, 5.41) is 4.11. The van der Waals surface area contributed by atoms with E-state index in [0.717, 1.165) is 22.5 Å². The van der Waals surface area contributed by atoms with E-state index in [-0.39, 0.29) is 0 Å². The summed E-state index contributed by atoms with van der Waals surface area (Å²) in [6.45, 7) is 0. The van der Waals surface area contributed by atoms with E-state index >= 15 is 0 Å². The van der Waals surface area contributed by atoms with Crippen molar-refractivity contribution in [1.82, 2.24) is 9.55 Å². The molecule has 17 heavy (non-hydrogen) atoms. The number of benzene rings is 1. The summed E-state index contributed by atoms with van der Waals surface area (Å²) < 4.78 is 8.03. The summed E-state index contributed by atoms with van der Waals surface area (Å²) >= 11 is 7.02. The van der Waals surface area contributed by atoms with E-state index in [1.165, 1.54) is 0 Å². The monoisotopic (exact) mass is 262 g/mol. The number of aromatic amines is 1. The molecule has 0 saturated heterocycles. The first-order chi connectivity index (χ1) is 8.31. The summed E-state index contributed by atoms with van der Waals surface area (Å²) in [7, 11) is 1.66. The highest BCUT2D eigenvalue weighted by molar-refractivity contribution is 7.71. The molecular weight excluding hydrogens is 252 g/mol. The fourth-order valence-corrected chi connectivity index (χ4v) is 2.84. The highest BCUT2D eigenvalue weighted by Crippen LogP contribution is 2.27. The fraction of sp³-hybridized carbons (Fsp3) is 0.0833. The van der Waals surface area contributed by atoms with Crippen molar-refractivity contribution in [3.63, 3.8) is 0 Å². The molecule has 2 aromatic heterocycles. The smallest absolute Gasteiger partial charge is 0.182 e. The van der Waals surface area contributed by atoms with Crippen LogP contribution in [0.15, 0.2) is 35.0 Å². The molecule has 0 aliphatic heterocycles. The number of H-pyrrole nitrogens is 1. The lowest BCUT2D eigenvalue weighted by Crippen LogP contribution is -1.91. The average molecular weight is 262 g/mol. The molecule has 0 amide bonds. The Bertz CT molecular complexity index is 710. The molecule has 0 radical (unpaired) electrons. The van der Waals surface area contributed by atoms with E-state index in [0.29, 0.717) is 4.77 Å². The molecule has 0 spiro atoms. The zero-order valence-corrected chi connectivity index (χ0v) is 10.8. The maximum absolute atomic E-state index is 5.36. The molecular formula is C12H10N2OS2. The third kappa shape index (κ3) is 1.59. The molecule has 0 aliphatic carbocycles. The van der Waals surface area contributed by atoms with Crippen molar-refractivity contribution in [3.8, 4) is 11.4 Å². The van der Waals surface area contributed by atoms with Gasteiger partial charge in [-0.3, -0.25) is 4.57 Å². The Kier molecular flexibility index (Phi) is 2.49. The first kappa shape index (κ1) is 10.6. The number of thiophene rings is 1. The van der Waals surface area contributed by atoms with Crippen molar-refractivity contribution in [2.45, 2.75) is 0 Å². The van der Waals surface area contributed by atoms with Crippen LogP contribution in [0.4, 0.5) is 0 Å². The van der Waals surface area contributed by atoms with E-state index in [9.17, 15) is 0 Å². The predicted octanol–water partition coefficient (Wildman–Crippen LogP) is 3.76. The Balaban J connectivity index is 2.40. The maximum Gasteiger partial charge on any atom is 0.182 e. The summed E-state index contributed by atoms with van der Waals surface area (Å²) in [5.41, 5.74) is 3.05. The van der Waals surface area contributed by atoms with Crippen molar-refractivity contribution >= 4 is 34.6 Å². The first-order valence-electron chi connectivity index (χ1n) is 5.11. The number of rotatable bonds is 2. The molecule has 0 bridgehead atoms. The minimum atomic E-state index is 0.683. The van der Waals surface area contributed by atoms with Crippen molar-refractivity contribution in [3.05, 3.63) is 39.8 Å². The van der Waals surface area contributed by atoms with Crippen LogP contribution in [0.3, 0.4) is 0 Å². The van der Waals surface area contributed by atoms with Crippen molar-refractivity contribution in [2.24, 2.45) is 0 Å². The number of aromatic nitrogens is 2. The number of methoxy groups -OCH3 is 1. The van der Waals surface area contributed by atoms with Gasteiger partial charge in [0.2, 0.25) is 0 Å². The summed E-state index contributed by atoms with van der Waals surface area (Å²) in [5.74, 6) is 0.808. The molecule has 0 atom stereocenters. The Morgan fingerprint density at radius 2 is 2.24 bits per heavy atom. The standard InChI is InChI=1S/C12H10N2OS2/c1-15-10-4-2-3-9-11(10)13-12(16)14(9)8-5-6-17-7-8/h2-7H,1H3,(H,13,16). The topological polar surface area (TPSA) is 29.9 Å². The van der Waals surface area contributed by atoms with Crippen LogP contribution in [-0.4, -0.2) is 16.7 Å². The molecule has 0 fully saturated rings. The van der Waals surface area contributed by atoms with Crippen LogP contribution in [0.2, 0.25) is 0 Å². The third-order valence-corrected chi connectivity index (χ3v) is 3.62. The van der Waals surface area contributed by atoms with Crippen LogP contribution < -0.4 is 4.74 Å². The van der Waals surface area contributed by atoms with Crippen LogP contribution in [0.5, 0.6) is 5.75 Å². The molecule has 5 heteroatoms. The normalized spacial score (nSPS) is 10.9. The van der Waals surface area contributed by atoms with E-state index in [1.54, 1.807) is 18.4 Å². The number of para-hydroxylation sites is 1. The van der Waals surface area contributed by atoms with Crippen LogP contribution in [-0.2, 0) is 0 Å². The fourth-order valence-electron chi connectivity index (χ4n) is 1.91. The Morgan fingerprint density at radius 3 is 2.94 bits per heavy atom. The van der Waals surface area contributed by atoms with Crippen molar-refractivity contribution in [1.29, 1.82) is 0 Å². The number of fused-ring (bicyclic) bond motifs is 1. The Labute approximate surface area is 107 Å². The lowest BCUT2D eigenvalue weighted by atomic mass is 10.3. The number of imidazole rings is 1. The van der Waals surface area contributed by atoms with Crippen LogP contribution in [0, 0.1) is 4.77 Å². The quantitative estimate of drug-likeness (QED) is 0.713. The molecule has 0 saturated carbocycles. The summed E-state index contributed by atoms with van der Waals surface area (Å²) in [4.78, 5) is 3.19. The lowest BCUT2D eigenvalue weighted by Gasteiger charge is -2.03. The van der Waals surface area contributed by atoms with Gasteiger partial charge in [0.1, 0.15) is 11.3 Å². The Morgan fingerprint density at radius 1 is 1.35 bits per heavy atom. The second kappa shape index (κ2) is 4.01. The number of ether oxygens (including phenoxy) is 1. The molecule has 1 aromatic carbocycles. The summed E-state index contributed by atoms with van der Waals surface area (Å²) in [6.07, 6.45) is 0. The number of hydrogen-bond donors (Lipinski definition) is 1. The summed E-state index contributed by atoms with van der Waals surface area (Å²) in [6, 6.07) is 7.97. The molecule has 0 unspecified atom stereocenters. The molecule has 1 N–H and O–H groups in total. The van der Waals surface area contributed by atoms with Gasteiger partial charge in [-0.05, 0) is 35.8 Å². The molecule has 3 nitrogen and oxygen atoms in total. The van der Waals surface area contributed by atoms with E-state index < -0.39 is 0 Å². The number of nitrogens with one attached hydrogen (secondary N) is 1. The predicted molar refractivity (Wildman–Crippen MR) is 72.9 cm³/mol. The van der Waals surface area contributed by atoms with Gasteiger partial charge >= 0.3 is 0 Å². The highest BCUT2D eigenvalue weighted by Gasteiger charge is 2.09. The van der Waals surface area contributed by atoms with Crippen molar-refractivity contribution in [2.75, 3.05) is 7.11 Å². The van der Waals surface area contributed by atoms with Gasteiger partial charge < -0.3 is 9.72 Å². The van der Waals surface area contributed by atoms with Crippen LogP contribution in [0.1, 0.15) is 0 Å². The molecule has 3 aromatic rings. The van der Waals surface area contributed by atoms with E-state index in [4.69, 9.17) is 17.0 Å². The van der Waals surface area contributed by atoms with Gasteiger partial charge in [-0.25, -0.2) is 0 Å². The van der Waals surface area contributed by atoms with Crippen LogP contribution >= 0.6 is 23.6 Å². The van der Waals surface area contributed by atoms with Gasteiger partial charge in [-0.2, -0.15) is 11.3 Å². The van der Waals surface area contributed by atoms with Crippen LogP contribution in [0.25, 0.3) is 16.7 Å². The second-order valence-corrected chi connectivity index (χ2v) is 4.77.